The minimum absolute atomic E-state index is 0.163. The van der Waals surface area contributed by atoms with E-state index in [1.165, 1.54) is 0 Å². The van der Waals surface area contributed by atoms with Crippen molar-refractivity contribution in [3.63, 3.8) is 0 Å². The van der Waals surface area contributed by atoms with Gasteiger partial charge in [-0.25, -0.2) is 9.59 Å². The molecule has 1 heterocycles. The number of likely N-dealkylation sites (tertiary alicyclic amines) is 1. The maximum Gasteiger partial charge on any atom is 0.410 e. The molecule has 0 bridgehead atoms. The first-order valence-corrected chi connectivity index (χ1v) is 10.5. The van der Waals surface area contributed by atoms with Crippen LogP contribution in [0.1, 0.15) is 52.0 Å². The van der Waals surface area contributed by atoms with E-state index in [0.29, 0.717) is 31.8 Å². The van der Waals surface area contributed by atoms with E-state index in [0.717, 1.165) is 31.2 Å². The molecule has 1 saturated heterocycles. The lowest BCUT2D eigenvalue weighted by molar-refractivity contribution is 0.00357. The number of hydrogen-bond donors (Lipinski definition) is 2. The largest absolute Gasteiger partial charge is 0.445 e. The summed E-state index contributed by atoms with van der Waals surface area (Å²) >= 11 is 0. The number of ether oxygens (including phenoxy) is 2. The molecule has 7 heteroatoms. The van der Waals surface area contributed by atoms with Crippen molar-refractivity contribution in [3.05, 3.63) is 35.9 Å². The average molecular weight is 404 g/mol. The van der Waals surface area contributed by atoms with E-state index >= 15 is 0 Å². The quantitative estimate of drug-likeness (QED) is 0.787. The molecule has 2 aliphatic rings. The number of hydrogen-bond acceptors (Lipinski definition) is 5. The molecule has 0 unspecified atom stereocenters. The second-order valence-electron chi connectivity index (χ2n) is 9.00. The van der Waals surface area contributed by atoms with Crippen LogP contribution in [0.5, 0.6) is 0 Å². The molecule has 0 atom stereocenters. The van der Waals surface area contributed by atoms with Crippen LogP contribution in [0.3, 0.4) is 0 Å². The van der Waals surface area contributed by atoms with Gasteiger partial charge >= 0.3 is 12.2 Å². The Morgan fingerprint density at radius 1 is 1.00 bits per heavy atom. The Balaban J connectivity index is 1.28. The lowest BCUT2D eigenvalue weighted by Crippen LogP contribution is -2.62. The topological polar surface area (TPSA) is 79.9 Å². The van der Waals surface area contributed by atoms with Crippen LogP contribution in [0.4, 0.5) is 9.59 Å². The zero-order chi connectivity index (χ0) is 20.9. The summed E-state index contributed by atoms with van der Waals surface area (Å²) in [5.41, 5.74) is 0.528. The van der Waals surface area contributed by atoms with Gasteiger partial charge in [-0.05, 0) is 52.0 Å². The third kappa shape index (κ3) is 6.92. The lowest BCUT2D eigenvalue weighted by Gasteiger charge is -2.42. The van der Waals surface area contributed by atoms with Gasteiger partial charge in [-0.1, -0.05) is 30.3 Å². The standard InChI is InChI=1S/C22H33N3O4/c1-22(2,3)29-21(27)25-13-19(14-25)23-17-9-11-18(12-10-17)24-20(26)28-15-16-7-5-4-6-8-16/h4-8,17-19,23H,9-15H2,1-3H3,(H,24,26). The van der Waals surface area contributed by atoms with Crippen molar-refractivity contribution < 1.29 is 19.1 Å². The summed E-state index contributed by atoms with van der Waals surface area (Å²) < 4.78 is 10.7. The predicted molar refractivity (Wildman–Crippen MR) is 111 cm³/mol. The van der Waals surface area contributed by atoms with Gasteiger partial charge in [0.2, 0.25) is 0 Å². The van der Waals surface area contributed by atoms with E-state index in [-0.39, 0.29) is 18.2 Å². The van der Waals surface area contributed by atoms with Gasteiger partial charge in [0.05, 0.1) is 0 Å². The van der Waals surface area contributed by atoms with Crippen LogP contribution in [0.25, 0.3) is 0 Å². The monoisotopic (exact) mass is 403 g/mol. The van der Waals surface area contributed by atoms with Gasteiger partial charge in [0.1, 0.15) is 12.2 Å². The summed E-state index contributed by atoms with van der Waals surface area (Å²) in [6.07, 6.45) is 3.29. The molecule has 29 heavy (non-hydrogen) atoms. The SMILES string of the molecule is CC(C)(C)OC(=O)N1CC(NC2CCC(NC(=O)OCc3ccccc3)CC2)C1. The molecular weight excluding hydrogens is 370 g/mol. The Morgan fingerprint density at radius 3 is 2.24 bits per heavy atom. The second kappa shape index (κ2) is 9.48. The van der Waals surface area contributed by atoms with Crippen molar-refractivity contribution in [2.24, 2.45) is 0 Å². The second-order valence-corrected chi connectivity index (χ2v) is 9.00. The molecule has 1 saturated carbocycles. The van der Waals surface area contributed by atoms with E-state index < -0.39 is 5.60 Å². The Hall–Kier alpha value is -2.28. The Morgan fingerprint density at radius 2 is 1.62 bits per heavy atom. The number of carbonyl (C=O) groups excluding carboxylic acids is 2. The first-order valence-electron chi connectivity index (χ1n) is 10.5. The number of amides is 2. The molecule has 0 aromatic heterocycles. The Labute approximate surface area is 173 Å². The number of nitrogens with one attached hydrogen (secondary N) is 2. The Bertz CT molecular complexity index is 675. The maximum absolute atomic E-state index is 12.0. The van der Waals surface area contributed by atoms with E-state index in [1.54, 1.807) is 4.90 Å². The van der Waals surface area contributed by atoms with Crippen molar-refractivity contribution in [3.8, 4) is 0 Å². The van der Waals surface area contributed by atoms with Crippen LogP contribution in [0, 0.1) is 0 Å². The van der Waals surface area contributed by atoms with Gasteiger partial charge < -0.3 is 25.0 Å². The third-order valence-corrected chi connectivity index (χ3v) is 5.27. The fourth-order valence-corrected chi connectivity index (χ4v) is 3.73. The number of carbonyl (C=O) groups is 2. The average Bonchev–Trinajstić information content (AvgIpc) is 2.63. The van der Waals surface area contributed by atoms with Gasteiger partial charge in [0.15, 0.2) is 0 Å². The van der Waals surface area contributed by atoms with Crippen molar-refractivity contribution >= 4 is 12.2 Å². The van der Waals surface area contributed by atoms with Crippen molar-refractivity contribution in [1.82, 2.24) is 15.5 Å². The minimum Gasteiger partial charge on any atom is -0.445 e. The van der Waals surface area contributed by atoms with Crippen LogP contribution in [-0.2, 0) is 16.1 Å². The Kier molecular flexibility index (Phi) is 7.00. The van der Waals surface area contributed by atoms with E-state index in [4.69, 9.17) is 9.47 Å². The molecule has 2 amide bonds. The van der Waals surface area contributed by atoms with Crippen LogP contribution >= 0.6 is 0 Å². The molecule has 1 aromatic rings. The smallest absolute Gasteiger partial charge is 0.410 e. The fourth-order valence-electron chi connectivity index (χ4n) is 3.73. The molecule has 0 spiro atoms. The first kappa shape index (κ1) is 21.4. The summed E-state index contributed by atoms with van der Waals surface area (Å²) in [6, 6.07) is 10.6. The van der Waals surface area contributed by atoms with E-state index in [2.05, 4.69) is 10.6 Å². The molecule has 1 aliphatic carbocycles. The number of benzene rings is 1. The summed E-state index contributed by atoms with van der Waals surface area (Å²) in [6.45, 7) is 7.32. The molecule has 3 rings (SSSR count). The van der Waals surface area contributed by atoms with Gasteiger partial charge in [-0.3, -0.25) is 0 Å². The summed E-state index contributed by atoms with van der Waals surface area (Å²) in [7, 11) is 0. The van der Waals surface area contributed by atoms with Crippen LogP contribution < -0.4 is 10.6 Å². The lowest BCUT2D eigenvalue weighted by atomic mass is 9.90. The number of nitrogens with zero attached hydrogens (tertiary/aromatic N) is 1. The molecule has 1 aliphatic heterocycles. The molecular formula is C22H33N3O4. The van der Waals surface area contributed by atoms with Gasteiger partial charge in [0, 0.05) is 31.2 Å². The van der Waals surface area contributed by atoms with Crippen molar-refractivity contribution in [1.29, 1.82) is 0 Å². The highest BCUT2D eigenvalue weighted by atomic mass is 16.6. The predicted octanol–water partition coefficient (Wildman–Crippen LogP) is 3.43. The summed E-state index contributed by atoms with van der Waals surface area (Å²) in [4.78, 5) is 25.7. The number of alkyl carbamates (subject to hydrolysis) is 1. The fraction of sp³-hybridized carbons (Fsp3) is 0.636. The zero-order valence-electron chi connectivity index (χ0n) is 17.6. The normalized spacial score (nSPS) is 22.5. The highest BCUT2D eigenvalue weighted by Crippen LogP contribution is 2.22. The highest BCUT2D eigenvalue weighted by Gasteiger charge is 2.35. The highest BCUT2D eigenvalue weighted by molar-refractivity contribution is 5.69. The summed E-state index contributed by atoms with van der Waals surface area (Å²) in [5.74, 6) is 0. The van der Waals surface area contributed by atoms with Crippen molar-refractivity contribution in [2.45, 2.75) is 76.8 Å². The molecule has 0 radical (unpaired) electrons. The van der Waals surface area contributed by atoms with Crippen LogP contribution in [0.15, 0.2) is 30.3 Å². The molecule has 7 nitrogen and oxygen atoms in total. The van der Waals surface area contributed by atoms with Gasteiger partial charge in [-0.15, -0.1) is 0 Å². The van der Waals surface area contributed by atoms with Crippen molar-refractivity contribution in [2.75, 3.05) is 13.1 Å². The minimum atomic E-state index is -0.455. The van der Waals surface area contributed by atoms with Gasteiger partial charge in [0.25, 0.3) is 0 Å². The maximum atomic E-state index is 12.0. The van der Waals surface area contributed by atoms with Crippen LogP contribution in [0.2, 0.25) is 0 Å². The zero-order valence-corrected chi connectivity index (χ0v) is 17.6. The molecule has 160 valence electrons. The van der Waals surface area contributed by atoms with E-state index in [1.807, 2.05) is 51.1 Å². The third-order valence-electron chi connectivity index (χ3n) is 5.27. The summed E-state index contributed by atoms with van der Waals surface area (Å²) in [5, 5.41) is 6.61. The van der Waals surface area contributed by atoms with Crippen LogP contribution in [-0.4, -0.2) is 53.9 Å². The molecule has 1 aromatic carbocycles. The molecule has 2 fully saturated rings. The van der Waals surface area contributed by atoms with Gasteiger partial charge in [-0.2, -0.15) is 0 Å². The number of rotatable bonds is 5. The molecule has 2 N–H and O–H groups in total. The first-order chi connectivity index (χ1) is 13.8. The van der Waals surface area contributed by atoms with E-state index in [9.17, 15) is 9.59 Å².